The fraction of sp³-hybridized carbons (Fsp3) is 0.625. The summed E-state index contributed by atoms with van der Waals surface area (Å²) in [7, 11) is -3.40. The lowest BCUT2D eigenvalue weighted by Crippen LogP contribution is -2.43. The number of carbonyl (C=O) groups excluding carboxylic acids is 1. The van der Waals surface area contributed by atoms with Crippen LogP contribution >= 0.6 is 0 Å². The number of amides is 1. The Morgan fingerprint density at radius 1 is 1.29 bits per heavy atom. The van der Waals surface area contributed by atoms with E-state index in [0.717, 1.165) is 31.9 Å². The second kappa shape index (κ2) is 7.06. The molecule has 4 N–H and O–H groups in total. The molecule has 1 aliphatic rings. The number of hydrogen-bond donors (Lipinski definition) is 3. The van der Waals surface area contributed by atoms with Gasteiger partial charge >= 0.3 is 0 Å². The van der Waals surface area contributed by atoms with E-state index in [1.165, 1.54) is 12.3 Å². The van der Waals surface area contributed by atoms with E-state index in [1.807, 2.05) is 13.8 Å². The van der Waals surface area contributed by atoms with Crippen LogP contribution in [0.3, 0.4) is 0 Å². The summed E-state index contributed by atoms with van der Waals surface area (Å²) in [4.78, 5) is 16.3. The predicted molar refractivity (Wildman–Crippen MR) is 95.0 cm³/mol. The van der Waals surface area contributed by atoms with Crippen molar-refractivity contribution < 1.29 is 13.2 Å². The fourth-order valence-electron chi connectivity index (χ4n) is 3.10. The van der Waals surface area contributed by atoms with Crippen molar-refractivity contribution in [3.63, 3.8) is 0 Å². The SMILES string of the molecule is CC(C)(N)[C@H]1CC[C@H](C(=O)Nc2ccnc(NS(C)(=O)=O)c2)CC1. The van der Waals surface area contributed by atoms with E-state index in [1.54, 1.807) is 6.07 Å². The van der Waals surface area contributed by atoms with Crippen molar-refractivity contribution in [2.45, 2.75) is 45.1 Å². The van der Waals surface area contributed by atoms with Gasteiger partial charge in [-0.25, -0.2) is 13.4 Å². The van der Waals surface area contributed by atoms with Gasteiger partial charge in [-0.1, -0.05) is 0 Å². The maximum Gasteiger partial charge on any atom is 0.230 e. The standard InChI is InChI=1S/C16H26N4O3S/c1-16(2,17)12-6-4-11(5-7-12)15(21)19-13-8-9-18-14(10-13)20-24(3,22)23/h8-12H,4-7,17H2,1-3H3,(H2,18,19,20,21)/t11-,12-. The summed E-state index contributed by atoms with van der Waals surface area (Å²) in [6.07, 6.45) is 6.03. The van der Waals surface area contributed by atoms with Gasteiger partial charge in [0.15, 0.2) is 0 Å². The minimum Gasteiger partial charge on any atom is -0.326 e. The van der Waals surface area contributed by atoms with Gasteiger partial charge in [0.1, 0.15) is 5.82 Å². The number of nitrogens with zero attached hydrogens (tertiary/aromatic N) is 1. The van der Waals surface area contributed by atoms with Crippen LogP contribution in [0, 0.1) is 11.8 Å². The molecule has 0 radical (unpaired) electrons. The van der Waals surface area contributed by atoms with Gasteiger partial charge < -0.3 is 11.1 Å². The maximum absolute atomic E-state index is 12.4. The summed E-state index contributed by atoms with van der Waals surface area (Å²) in [5.74, 6) is 0.541. The first-order valence-electron chi connectivity index (χ1n) is 8.08. The first-order chi connectivity index (χ1) is 11.0. The molecule has 0 aliphatic heterocycles. The molecule has 0 bridgehead atoms. The number of anilines is 2. The predicted octanol–water partition coefficient (Wildman–Crippen LogP) is 1.94. The Kier molecular flexibility index (Phi) is 5.49. The van der Waals surface area contributed by atoms with Crippen LogP contribution in [-0.2, 0) is 14.8 Å². The molecule has 1 aromatic rings. The normalized spacial score (nSPS) is 22.0. The topological polar surface area (TPSA) is 114 Å². The van der Waals surface area contributed by atoms with Gasteiger partial charge in [0.2, 0.25) is 15.9 Å². The molecule has 0 spiro atoms. The molecule has 0 saturated heterocycles. The van der Waals surface area contributed by atoms with Gasteiger partial charge in [-0.15, -0.1) is 0 Å². The molecule has 1 aliphatic carbocycles. The Morgan fingerprint density at radius 2 is 1.92 bits per heavy atom. The van der Waals surface area contributed by atoms with Crippen LogP contribution < -0.4 is 15.8 Å². The van der Waals surface area contributed by atoms with E-state index >= 15 is 0 Å². The van der Waals surface area contributed by atoms with Crippen molar-refractivity contribution in [2.24, 2.45) is 17.6 Å². The molecule has 0 unspecified atom stereocenters. The first-order valence-corrected chi connectivity index (χ1v) is 9.97. The fourth-order valence-corrected chi connectivity index (χ4v) is 3.59. The number of carbonyl (C=O) groups is 1. The van der Waals surface area contributed by atoms with Crippen LogP contribution in [-0.4, -0.2) is 31.1 Å². The van der Waals surface area contributed by atoms with E-state index in [2.05, 4.69) is 15.0 Å². The van der Waals surface area contributed by atoms with Crippen molar-refractivity contribution in [1.82, 2.24) is 4.98 Å². The number of nitrogens with two attached hydrogens (primary N) is 1. The van der Waals surface area contributed by atoms with Crippen LogP contribution in [0.5, 0.6) is 0 Å². The lowest BCUT2D eigenvalue weighted by atomic mass is 9.73. The smallest absolute Gasteiger partial charge is 0.230 e. The zero-order valence-corrected chi connectivity index (χ0v) is 15.2. The van der Waals surface area contributed by atoms with Gasteiger partial charge in [0.25, 0.3) is 0 Å². The summed E-state index contributed by atoms with van der Waals surface area (Å²) in [6.45, 7) is 4.07. The quantitative estimate of drug-likeness (QED) is 0.747. The van der Waals surface area contributed by atoms with E-state index < -0.39 is 10.0 Å². The second-order valence-corrected chi connectivity index (χ2v) is 8.91. The van der Waals surface area contributed by atoms with Crippen molar-refractivity contribution >= 4 is 27.4 Å². The second-order valence-electron chi connectivity index (χ2n) is 7.16. The molecule has 1 amide bonds. The molecule has 1 heterocycles. The summed E-state index contributed by atoms with van der Waals surface area (Å²) < 4.78 is 24.8. The largest absolute Gasteiger partial charge is 0.326 e. The highest BCUT2D eigenvalue weighted by Crippen LogP contribution is 2.34. The molecular weight excluding hydrogens is 328 g/mol. The monoisotopic (exact) mass is 354 g/mol. The van der Waals surface area contributed by atoms with Gasteiger partial charge in [-0.05, 0) is 51.5 Å². The minimum absolute atomic E-state index is 0.0388. The number of aromatic nitrogens is 1. The number of nitrogens with one attached hydrogen (secondary N) is 2. The maximum atomic E-state index is 12.4. The van der Waals surface area contributed by atoms with Crippen molar-refractivity contribution in [3.8, 4) is 0 Å². The summed E-state index contributed by atoms with van der Waals surface area (Å²) in [5, 5.41) is 2.85. The number of rotatable bonds is 5. The Hall–Kier alpha value is -1.67. The highest BCUT2D eigenvalue weighted by molar-refractivity contribution is 7.92. The summed E-state index contributed by atoms with van der Waals surface area (Å²) in [5.41, 5.74) is 6.48. The number of pyridine rings is 1. The van der Waals surface area contributed by atoms with Crippen LogP contribution in [0.4, 0.5) is 11.5 Å². The van der Waals surface area contributed by atoms with E-state index in [0.29, 0.717) is 11.6 Å². The van der Waals surface area contributed by atoms with Crippen molar-refractivity contribution in [1.29, 1.82) is 0 Å². The Morgan fingerprint density at radius 3 is 2.46 bits per heavy atom. The third-order valence-electron chi connectivity index (χ3n) is 4.47. The van der Waals surface area contributed by atoms with E-state index in [-0.39, 0.29) is 23.2 Å². The average molecular weight is 354 g/mol. The Bertz CT molecular complexity index is 690. The van der Waals surface area contributed by atoms with Crippen LogP contribution in [0.25, 0.3) is 0 Å². The third-order valence-corrected chi connectivity index (χ3v) is 5.05. The summed E-state index contributed by atoms with van der Waals surface area (Å²) in [6, 6.07) is 3.15. The lowest BCUT2D eigenvalue weighted by molar-refractivity contribution is -0.121. The number of sulfonamides is 1. The summed E-state index contributed by atoms with van der Waals surface area (Å²) >= 11 is 0. The van der Waals surface area contributed by atoms with Crippen molar-refractivity contribution in [2.75, 3.05) is 16.3 Å². The molecule has 8 heteroatoms. The molecular formula is C16H26N4O3S. The highest BCUT2D eigenvalue weighted by atomic mass is 32.2. The van der Waals surface area contributed by atoms with Crippen LogP contribution in [0.15, 0.2) is 18.3 Å². The third kappa shape index (κ3) is 5.45. The number of hydrogen-bond acceptors (Lipinski definition) is 5. The highest BCUT2D eigenvalue weighted by Gasteiger charge is 2.32. The molecule has 1 saturated carbocycles. The first kappa shape index (κ1) is 18.7. The molecule has 0 aromatic carbocycles. The Balaban J connectivity index is 1.95. The van der Waals surface area contributed by atoms with Crippen LogP contribution in [0.2, 0.25) is 0 Å². The lowest BCUT2D eigenvalue weighted by Gasteiger charge is -2.36. The molecule has 7 nitrogen and oxygen atoms in total. The Labute approximate surface area is 143 Å². The zero-order chi connectivity index (χ0) is 18.0. The average Bonchev–Trinajstić information content (AvgIpc) is 2.45. The molecule has 1 fully saturated rings. The van der Waals surface area contributed by atoms with Crippen LogP contribution in [0.1, 0.15) is 39.5 Å². The van der Waals surface area contributed by atoms with Gasteiger partial charge in [-0.2, -0.15) is 0 Å². The van der Waals surface area contributed by atoms with Gasteiger partial charge in [0.05, 0.1) is 6.26 Å². The minimum atomic E-state index is -3.40. The molecule has 24 heavy (non-hydrogen) atoms. The van der Waals surface area contributed by atoms with Crippen molar-refractivity contribution in [3.05, 3.63) is 18.3 Å². The zero-order valence-electron chi connectivity index (χ0n) is 14.4. The van der Waals surface area contributed by atoms with Gasteiger partial charge in [0, 0.05) is 29.4 Å². The van der Waals surface area contributed by atoms with E-state index in [4.69, 9.17) is 5.73 Å². The molecule has 1 aromatic heterocycles. The molecule has 134 valence electrons. The van der Waals surface area contributed by atoms with Gasteiger partial charge in [-0.3, -0.25) is 9.52 Å². The molecule has 0 atom stereocenters. The molecule has 2 rings (SSSR count). The van der Waals surface area contributed by atoms with E-state index in [9.17, 15) is 13.2 Å².